The smallest absolute Gasteiger partial charge is 0.0484 e. The molecule has 0 bridgehead atoms. The summed E-state index contributed by atoms with van der Waals surface area (Å²) in [6, 6.07) is 15.4. The van der Waals surface area contributed by atoms with Gasteiger partial charge < -0.3 is 0 Å². The van der Waals surface area contributed by atoms with Gasteiger partial charge in [-0.2, -0.15) is 0 Å². The molecule has 2 nitrogen and oxygen atoms in total. The van der Waals surface area contributed by atoms with Crippen molar-refractivity contribution in [3.8, 4) is 0 Å². The lowest BCUT2D eigenvalue weighted by Gasteiger charge is -2.41. The number of halogens is 2. The second-order valence-corrected chi connectivity index (χ2v) is 10.6. The van der Waals surface area contributed by atoms with E-state index in [0.29, 0.717) is 6.04 Å². The van der Waals surface area contributed by atoms with Crippen molar-refractivity contribution in [3.63, 3.8) is 0 Å². The van der Waals surface area contributed by atoms with Crippen molar-refractivity contribution < 1.29 is 0 Å². The topological polar surface area (TPSA) is 6.48 Å². The molecule has 2 aliphatic heterocycles. The summed E-state index contributed by atoms with van der Waals surface area (Å²) in [6.45, 7) is 13.2. The van der Waals surface area contributed by atoms with Crippen molar-refractivity contribution in [2.75, 3.05) is 26.2 Å². The van der Waals surface area contributed by atoms with Gasteiger partial charge in [-0.1, -0.05) is 59.6 Å². The second kappa shape index (κ2) is 9.73. The molecule has 170 valence electrons. The van der Waals surface area contributed by atoms with Crippen LogP contribution in [-0.2, 0) is 5.54 Å². The highest BCUT2D eigenvalue weighted by atomic mass is 35.5. The number of nitrogens with zero attached hydrogens (tertiary/aromatic N) is 2. The summed E-state index contributed by atoms with van der Waals surface area (Å²) in [6.07, 6.45) is 6.78. The fourth-order valence-electron chi connectivity index (χ4n) is 4.86. The Bertz CT molecular complexity index is 1040. The van der Waals surface area contributed by atoms with E-state index in [4.69, 9.17) is 23.2 Å². The van der Waals surface area contributed by atoms with Gasteiger partial charge in [-0.15, -0.1) is 0 Å². The second-order valence-electron chi connectivity index (χ2n) is 9.76. The number of benzene rings is 2. The summed E-state index contributed by atoms with van der Waals surface area (Å²) >= 11 is 13.0. The molecule has 0 N–H and O–H groups in total. The monoisotopic (exact) mass is 468 g/mol. The van der Waals surface area contributed by atoms with E-state index in [9.17, 15) is 0 Å². The first-order valence-electron chi connectivity index (χ1n) is 11.7. The van der Waals surface area contributed by atoms with Gasteiger partial charge in [0.1, 0.15) is 0 Å². The van der Waals surface area contributed by atoms with Gasteiger partial charge in [-0.05, 0) is 86.6 Å². The summed E-state index contributed by atoms with van der Waals surface area (Å²) < 4.78 is 0. The van der Waals surface area contributed by atoms with Crippen molar-refractivity contribution in [1.29, 1.82) is 0 Å². The van der Waals surface area contributed by atoms with Crippen LogP contribution in [0.5, 0.6) is 0 Å². The highest BCUT2D eigenvalue weighted by molar-refractivity contribution is 6.32. The Hall–Kier alpha value is -1.58. The van der Waals surface area contributed by atoms with Crippen LogP contribution in [0.3, 0.4) is 0 Å². The van der Waals surface area contributed by atoms with Crippen molar-refractivity contribution in [1.82, 2.24) is 9.80 Å². The largest absolute Gasteiger partial charge is 0.297 e. The minimum atomic E-state index is -0.0894. The molecule has 0 atom stereocenters. The van der Waals surface area contributed by atoms with Crippen LogP contribution in [0.1, 0.15) is 57.2 Å². The Morgan fingerprint density at radius 1 is 0.875 bits per heavy atom. The van der Waals surface area contributed by atoms with Gasteiger partial charge in [0.25, 0.3) is 0 Å². The van der Waals surface area contributed by atoms with Crippen molar-refractivity contribution >= 4 is 34.3 Å². The lowest BCUT2D eigenvalue weighted by Crippen LogP contribution is -2.43. The average molecular weight is 470 g/mol. The first-order chi connectivity index (χ1) is 15.3. The molecule has 0 saturated carbocycles. The van der Waals surface area contributed by atoms with Gasteiger partial charge >= 0.3 is 0 Å². The van der Waals surface area contributed by atoms with E-state index in [1.54, 1.807) is 0 Å². The predicted molar refractivity (Wildman–Crippen MR) is 139 cm³/mol. The first-order valence-corrected chi connectivity index (χ1v) is 12.4. The Morgan fingerprint density at radius 2 is 1.62 bits per heavy atom. The number of rotatable bonds is 5. The third-order valence-corrected chi connectivity index (χ3v) is 7.74. The fraction of sp³-hybridized carbons (Fsp3) is 0.429. The fourth-order valence-corrected chi connectivity index (χ4v) is 5.36. The molecule has 0 aliphatic carbocycles. The molecule has 2 heterocycles. The molecule has 2 aliphatic rings. The molecule has 32 heavy (non-hydrogen) atoms. The minimum absolute atomic E-state index is 0.0894. The average Bonchev–Trinajstić information content (AvgIpc) is 2.79. The highest BCUT2D eigenvalue weighted by Crippen LogP contribution is 2.37. The van der Waals surface area contributed by atoms with E-state index < -0.39 is 0 Å². The summed E-state index contributed by atoms with van der Waals surface area (Å²) in [5.41, 5.74) is 6.37. The van der Waals surface area contributed by atoms with Gasteiger partial charge in [-0.3, -0.25) is 9.80 Å². The van der Waals surface area contributed by atoms with Crippen LogP contribution >= 0.6 is 23.2 Å². The molecule has 0 spiro atoms. The van der Waals surface area contributed by atoms with Crippen molar-refractivity contribution in [2.45, 2.75) is 52.1 Å². The van der Waals surface area contributed by atoms with Gasteiger partial charge in [0, 0.05) is 47.8 Å². The Labute approximate surface area is 203 Å². The van der Waals surface area contributed by atoms with Crippen LogP contribution in [0.2, 0.25) is 10.0 Å². The molecule has 0 aromatic heterocycles. The summed E-state index contributed by atoms with van der Waals surface area (Å²) in [5, 5.41) is 1.66. The van der Waals surface area contributed by atoms with Crippen LogP contribution in [0.25, 0.3) is 11.1 Å². The summed E-state index contributed by atoms with van der Waals surface area (Å²) in [4.78, 5) is 5.03. The van der Waals surface area contributed by atoms with Gasteiger partial charge in [0.05, 0.1) is 0 Å². The first kappa shape index (κ1) is 23.6. The Morgan fingerprint density at radius 3 is 2.22 bits per heavy atom. The maximum Gasteiger partial charge on any atom is 0.0484 e. The van der Waals surface area contributed by atoms with Crippen molar-refractivity contribution in [2.24, 2.45) is 0 Å². The Kier molecular flexibility index (Phi) is 7.17. The van der Waals surface area contributed by atoms with Crippen LogP contribution < -0.4 is 0 Å². The van der Waals surface area contributed by atoms with Gasteiger partial charge in [0.15, 0.2) is 0 Å². The molecule has 4 heteroatoms. The molecular formula is C28H34Cl2N2. The standard InChI is InChI=1S/C28H34Cl2N2/c1-20(2)31-14-10-22(11-15-31)26-9-8-24(19-27(26)30)28(3,4)32-16-12-21(13-17-32)23-6-5-7-25(29)18-23/h5-10,12,18-20H,11,13-17H2,1-4H3. The molecule has 2 aromatic carbocycles. The third kappa shape index (κ3) is 4.99. The molecule has 0 saturated heterocycles. The van der Waals surface area contributed by atoms with E-state index in [-0.39, 0.29) is 5.54 Å². The normalized spacial score (nSPS) is 18.6. The SMILES string of the molecule is CC(C)N1CC=C(c2ccc(C(C)(C)N3CC=C(c4cccc(Cl)c4)CC3)cc2Cl)CC1. The number of hydrogen-bond acceptors (Lipinski definition) is 2. The maximum atomic E-state index is 6.83. The highest BCUT2D eigenvalue weighted by Gasteiger charge is 2.30. The van der Waals surface area contributed by atoms with Crippen LogP contribution in [0.15, 0.2) is 54.6 Å². The predicted octanol–water partition coefficient (Wildman–Crippen LogP) is 7.52. The zero-order valence-electron chi connectivity index (χ0n) is 19.7. The lowest BCUT2D eigenvalue weighted by atomic mass is 9.87. The Balaban J connectivity index is 1.49. The maximum absolute atomic E-state index is 6.83. The molecule has 4 rings (SSSR count). The molecule has 0 fully saturated rings. The lowest BCUT2D eigenvalue weighted by molar-refractivity contribution is 0.134. The van der Waals surface area contributed by atoms with Crippen LogP contribution in [-0.4, -0.2) is 42.0 Å². The van der Waals surface area contributed by atoms with Gasteiger partial charge in [0.2, 0.25) is 0 Å². The molecule has 0 amide bonds. The van der Waals surface area contributed by atoms with Crippen LogP contribution in [0, 0.1) is 0 Å². The van der Waals surface area contributed by atoms with E-state index in [1.807, 2.05) is 12.1 Å². The van der Waals surface area contributed by atoms with E-state index >= 15 is 0 Å². The summed E-state index contributed by atoms with van der Waals surface area (Å²) in [5.74, 6) is 0. The quantitative estimate of drug-likeness (QED) is 0.447. The zero-order valence-corrected chi connectivity index (χ0v) is 21.2. The van der Waals surface area contributed by atoms with Gasteiger partial charge in [-0.25, -0.2) is 0 Å². The third-order valence-electron chi connectivity index (χ3n) is 7.19. The van der Waals surface area contributed by atoms with Crippen molar-refractivity contribution in [3.05, 3.63) is 81.4 Å². The van der Waals surface area contributed by atoms with E-state index in [2.05, 4.69) is 80.0 Å². The van der Waals surface area contributed by atoms with E-state index in [1.165, 1.54) is 27.8 Å². The molecular weight excluding hydrogens is 435 g/mol. The molecule has 0 unspecified atom stereocenters. The zero-order chi connectivity index (χ0) is 22.9. The van der Waals surface area contributed by atoms with E-state index in [0.717, 1.165) is 49.1 Å². The molecule has 0 radical (unpaired) electrons. The minimum Gasteiger partial charge on any atom is -0.297 e. The van der Waals surface area contributed by atoms with Crippen LogP contribution in [0.4, 0.5) is 0 Å². The number of hydrogen-bond donors (Lipinski definition) is 0. The summed E-state index contributed by atoms with van der Waals surface area (Å²) in [7, 11) is 0. The molecule has 2 aromatic rings.